The number of anilines is 1. The van der Waals surface area contributed by atoms with Gasteiger partial charge in [0.25, 0.3) is 5.91 Å². The van der Waals surface area contributed by atoms with Crippen LogP contribution in [0.15, 0.2) is 61.1 Å². The third kappa shape index (κ3) is 6.03. The highest BCUT2D eigenvalue weighted by Gasteiger charge is 2.34. The number of aliphatic hydroxyl groups is 1. The van der Waals surface area contributed by atoms with Gasteiger partial charge in [-0.05, 0) is 43.3 Å². The van der Waals surface area contributed by atoms with Crippen molar-refractivity contribution >= 4 is 17.6 Å². The van der Waals surface area contributed by atoms with Crippen LogP contribution in [0.1, 0.15) is 24.2 Å². The van der Waals surface area contributed by atoms with Crippen molar-refractivity contribution in [3.8, 4) is 22.8 Å². The lowest BCUT2D eigenvalue weighted by atomic mass is 9.99. The number of hydrogen-bond acceptors (Lipinski definition) is 7. The lowest BCUT2D eigenvalue weighted by molar-refractivity contribution is 0.0356. The van der Waals surface area contributed by atoms with Crippen molar-refractivity contribution in [1.82, 2.24) is 19.8 Å². The number of carbonyl (C=O) groups excluding carboxylic acids is 2. The van der Waals surface area contributed by atoms with Gasteiger partial charge in [-0.3, -0.25) is 9.78 Å². The van der Waals surface area contributed by atoms with Crippen LogP contribution in [0, 0.1) is 5.92 Å². The van der Waals surface area contributed by atoms with Gasteiger partial charge < -0.3 is 29.7 Å². The molecule has 10 nitrogen and oxygen atoms in total. The molecule has 0 fully saturated rings. The smallest absolute Gasteiger partial charge is 0.321 e. The van der Waals surface area contributed by atoms with Crippen LogP contribution in [-0.4, -0.2) is 82.8 Å². The van der Waals surface area contributed by atoms with E-state index >= 15 is 0 Å². The lowest BCUT2D eigenvalue weighted by Gasteiger charge is -2.37. The number of pyridine rings is 2. The second-order valence-electron chi connectivity index (χ2n) is 9.48. The summed E-state index contributed by atoms with van der Waals surface area (Å²) in [5.74, 6) is 0.466. The molecule has 0 saturated heterocycles. The fraction of sp³-hybridized carbons (Fsp3) is 0.357. The van der Waals surface area contributed by atoms with Gasteiger partial charge in [-0.25, -0.2) is 9.78 Å². The van der Waals surface area contributed by atoms with Gasteiger partial charge >= 0.3 is 6.03 Å². The average molecular weight is 520 g/mol. The number of carbonyl (C=O) groups is 2. The molecule has 0 spiro atoms. The molecule has 3 atom stereocenters. The normalized spacial score (nSPS) is 17.9. The maximum absolute atomic E-state index is 13.6. The zero-order valence-electron chi connectivity index (χ0n) is 22.0. The Hall–Kier alpha value is -4.18. The number of aliphatic hydroxyl groups excluding tert-OH is 1. The van der Waals surface area contributed by atoms with Crippen LogP contribution in [0.25, 0.3) is 11.1 Å². The molecule has 0 unspecified atom stereocenters. The van der Waals surface area contributed by atoms with Crippen molar-refractivity contribution in [2.75, 3.05) is 39.2 Å². The molecular formula is C28H33N5O5. The first-order valence-electron chi connectivity index (χ1n) is 12.5. The number of nitrogens with zero attached hydrogens (tertiary/aromatic N) is 4. The summed E-state index contributed by atoms with van der Waals surface area (Å²) in [5.41, 5.74) is 2.48. The van der Waals surface area contributed by atoms with Crippen LogP contribution in [0.4, 0.5) is 10.5 Å². The monoisotopic (exact) mass is 519 g/mol. The standard InChI is InChI=1S/C28H33N5O5/c1-18-15-33(19(2)17-34)27(35)24-12-21(20-6-5-11-29-13-20)14-30-26(24)38-25(18)16-32(3)28(36)31-22-7-9-23(37-4)10-8-22/h5-14,18-19,25,34H,15-17H2,1-4H3,(H,31,36)/t18-,19-,25-/m0/s1. The van der Waals surface area contributed by atoms with Crippen molar-refractivity contribution in [3.05, 3.63) is 66.6 Å². The van der Waals surface area contributed by atoms with E-state index in [1.165, 1.54) is 4.90 Å². The summed E-state index contributed by atoms with van der Waals surface area (Å²) < 4.78 is 11.5. The van der Waals surface area contributed by atoms with E-state index in [0.717, 1.165) is 11.1 Å². The third-order valence-electron chi connectivity index (χ3n) is 6.66. The Kier molecular flexibility index (Phi) is 8.42. The van der Waals surface area contributed by atoms with Gasteiger partial charge in [0.15, 0.2) is 0 Å². The molecule has 3 aromatic rings. The second-order valence-corrected chi connectivity index (χ2v) is 9.48. The number of likely N-dealkylation sites (N-methyl/N-ethyl adjacent to an activating group) is 1. The van der Waals surface area contributed by atoms with E-state index in [1.54, 1.807) is 74.9 Å². The highest BCUT2D eigenvalue weighted by atomic mass is 16.5. The molecule has 1 aliphatic rings. The Labute approximate surface area is 222 Å². The molecule has 3 heterocycles. The van der Waals surface area contributed by atoms with Gasteiger partial charge in [0, 0.05) is 54.9 Å². The fourth-order valence-corrected chi connectivity index (χ4v) is 4.26. The summed E-state index contributed by atoms with van der Waals surface area (Å²) in [7, 11) is 3.27. The number of aromatic nitrogens is 2. The Bertz CT molecular complexity index is 1250. The van der Waals surface area contributed by atoms with E-state index in [4.69, 9.17) is 9.47 Å². The van der Waals surface area contributed by atoms with Gasteiger partial charge in [-0.1, -0.05) is 13.0 Å². The molecule has 200 valence electrons. The van der Waals surface area contributed by atoms with Crippen molar-refractivity contribution in [3.63, 3.8) is 0 Å². The Morgan fingerprint density at radius 3 is 2.68 bits per heavy atom. The van der Waals surface area contributed by atoms with Gasteiger partial charge in [0.1, 0.15) is 17.4 Å². The molecule has 1 aromatic carbocycles. The van der Waals surface area contributed by atoms with E-state index < -0.39 is 12.1 Å². The van der Waals surface area contributed by atoms with E-state index in [2.05, 4.69) is 15.3 Å². The summed E-state index contributed by atoms with van der Waals surface area (Å²) in [6.07, 6.45) is 4.56. The predicted molar refractivity (Wildman–Crippen MR) is 143 cm³/mol. The van der Waals surface area contributed by atoms with Crippen molar-refractivity contribution < 1.29 is 24.2 Å². The third-order valence-corrected chi connectivity index (χ3v) is 6.66. The SMILES string of the molecule is COc1ccc(NC(=O)N(C)C[C@@H]2Oc3ncc(-c4cccnc4)cc3C(=O)N([C@@H](C)CO)C[C@@H]2C)cc1. The predicted octanol–water partition coefficient (Wildman–Crippen LogP) is 3.54. The molecule has 1 aliphatic heterocycles. The molecule has 3 amide bonds. The fourth-order valence-electron chi connectivity index (χ4n) is 4.26. The number of urea groups is 1. The first-order valence-corrected chi connectivity index (χ1v) is 12.5. The largest absolute Gasteiger partial charge is 0.497 e. The summed E-state index contributed by atoms with van der Waals surface area (Å²) in [5, 5.41) is 12.7. The Balaban J connectivity index is 1.59. The number of hydrogen-bond donors (Lipinski definition) is 2. The van der Waals surface area contributed by atoms with Gasteiger partial charge in [0.05, 0.1) is 26.3 Å². The summed E-state index contributed by atoms with van der Waals surface area (Å²) in [6.45, 7) is 4.17. The minimum absolute atomic E-state index is 0.155. The molecule has 4 rings (SSSR count). The van der Waals surface area contributed by atoms with E-state index in [-0.39, 0.29) is 36.9 Å². The lowest BCUT2D eigenvalue weighted by Crippen LogP contribution is -2.50. The topological polar surface area (TPSA) is 117 Å². The van der Waals surface area contributed by atoms with Gasteiger partial charge in [0.2, 0.25) is 5.88 Å². The highest BCUT2D eigenvalue weighted by Crippen LogP contribution is 2.30. The van der Waals surface area contributed by atoms with Crippen molar-refractivity contribution in [1.29, 1.82) is 0 Å². The number of benzene rings is 1. The number of ether oxygens (including phenoxy) is 2. The second kappa shape index (κ2) is 11.9. The van der Waals surface area contributed by atoms with Crippen LogP contribution < -0.4 is 14.8 Å². The maximum atomic E-state index is 13.6. The summed E-state index contributed by atoms with van der Waals surface area (Å²) in [4.78, 5) is 38.4. The number of methoxy groups -OCH3 is 1. The zero-order chi connectivity index (χ0) is 27.2. The van der Waals surface area contributed by atoms with E-state index in [0.29, 0.717) is 23.5 Å². The molecule has 0 saturated carbocycles. The van der Waals surface area contributed by atoms with Crippen LogP contribution >= 0.6 is 0 Å². The molecule has 0 aliphatic carbocycles. The highest BCUT2D eigenvalue weighted by molar-refractivity contribution is 5.98. The summed E-state index contributed by atoms with van der Waals surface area (Å²) >= 11 is 0. The van der Waals surface area contributed by atoms with Crippen LogP contribution in [0.3, 0.4) is 0 Å². The Morgan fingerprint density at radius 1 is 1.26 bits per heavy atom. The molecule has 0 bridgehead atoms. The van der Waals surface area contributed by atoms with E-state index in [1.807, 2.05) is 19.1 Å². The molecule has 0 radical (unpaired) electrons. The molecule has 10 heteroatoms. The van der Waals surface area contributed by atoms with Gasteiger partial charge in [-0.15, -0.1) is 0 Å². The van der Waals surface area contributed by atoms with Gasteiger partial charge in [-0.2, -0.15) is 0 Å². The average Bonchev–Trinajstić information content (AvgIpc) is 2.95. The first-order chi connectivity index (χ1) is 18.3. The van der Waals surface area contributed by atoms with Crippen LogP contribution in [-0.2, 0) is 0 Å². The van der Waals surface area contributed by atoms with Crippen LogP contribution in [0.2, 0.25) is 0 Å². The molecule has 2 N–H and O–H groups in total. The van der Waals surface area contributed by atoms with Crippen molar-refractivity contribution in [2.45, 2.75) is 26.0 Å². The maximum Gasteiger partial charge on any atom is 0.321 e. The minimum Gasteiger partial charge on any atom is -0.497 e. The number of amides is 3. The van der Waals surface area contributed by atoms with Crippen molar-refractivity contribution in [2.24, 2.45) is 5.92 Å². The zero-order valence-corrected chi connectivity index (χ0v) is 22.0. The minimum atomic E-state index is -0.460. The first kappa shape index (κ1) is 26.9. The van der Waals surface area contributed by atoms with Crippen LogP contribution in [0.5, 0.6) is 11.6 Å². The Morgan fingerprint density at radius 2 is 2.03 bits per heavy atom. The molecular weight excluding hydrogens is 486 g/mol. The number of nitrogens with one attached hydrogen (secondary N) is 1. The quantitative estimate of drug-likeness (QED) is 0.490. The molecule has 38 heavy (non-hydrogen) atoms. The summed E-state index contributed by atoms with van der Waals surface area (Å²) in [6, 6.07) is 11.8. The molecule has 2 aromatic heterocycles. The number of rotatable bonds is 7. The number of fused-ring (bicyclic) bond motifs is 1. The van der Waals surface area contributed by atoms with E-state index in [9.17, 15) is 14.7 Å².